The monoisotopic (exact) mass is 283 g/mol. The summed E-state index contributed by atoms with van der Waals surface area (Å²) in [7, 11) is 0. The van der Waals surface area contributed by atoms with Crippen LogP contribution < -0.4 is 10.6 Å². The van der Waals surface area contributed by atoms with Gasteiger partial charge >= 0.3 is 12.0 Å². The highest BCUT2D eigenvalue weighted by atomic mass is 35.5. The van der Waals surface area contributed by atoms with Gasteiger partial charge in [-0.2, -0.15) is 0 Å². The summed E-state index contributed by atoms with van der Waals surface area (Å²) in [5.74, 6) is -0.325. The Kier molecular flexibility index (Phi) is 6.74. The van der Waals surface area contributed by atoms with Crippen molar-refractivity contribution in [3.05, 3.63) is 34.9 Å². The average molecular weight is 284 g/mol. The molecule has 1 aromatic rings. The van der Waals surface area contributed by atoms with Crippen molar-refractivity contribution in [1.82, 2.24) is 10.6 Å². The van der Waals surface area contributed by atoms with Gasteiger partial charge in [0.15, 0.2) is 0 Å². The fraction of sp³-hybridized carbons (Fsp3) is 0.385. The quantitative estimate of drug-likeness (QED) is 0.784. The van der Waals surface area contributed by atoms with Crippen LogP contribution in [0.3, 0.4) is 0 Å². The van der Waals surface area contributed by atoms with Crippen LogP contribution in [-0.4, -0.2) is 25.2 Å². The molecule has 6 heteroatoms. The highest BCUT2D eigenvalue weighted by Crippen LogP contribution is 2.08. The first-order valence-electron chi connectivity index (χ1n) is 5.95. The third-order valence-corrected chi connectivity index (χ3v) is 2.43. The van der Waals surface area contributed by atoms with Crippen molar-refractivity contribution in [2.75, 3.05) is 13.2 Å². The lowest BCUT2D eigenvalue weighted by molar-refractivity contribution is -0.142. The largest absolute Gasteiger partial charge is 0.466 e. The summed E-state index contributed by atoms with van der Waals surface area (Å²) in [6.45, 7) is 2.68. The minimum atomic E-state index is -0.340. The lowest BCUT2D eigenvalue weighted by Crippen LogP contribution is -2.36. The molecule has 1 radical (unpaired) electrons. The molecule has 0 spiro atoms. The van der Waals surface area contributed by atoms with E-state index in [1.807, 2.05) is 0 Å². The molecule has 5 nitrogen and oxygen atoms in total. The van der Waals surface area contributed by atoms with Gasteiger partial charge in [-0.3, -0.25) is 4.79 Å². The zero-order chi connectivity index (χ0) is 14.1. The number of rotatable bonds is 6. The molecular formula is C13H16ClN2O3. The maximum absolute atomic E-state index is 11.4. The molecule has 19 heavy (non-hydrogen) atoms. The van der Waals surface area contributed by atoms with Crippen LogP contribution in [0.25, 0.3) is 0 Å². The van der Waals surface area contributed by atoms with Crippen LogP contribution in [0.4, 0.5) is 4.79 Å². The standard InChI is InChI=1S/C13H16ClN2O3/c1-2-19-12(17)7-8-15-13(18)16-9-10-3-5-11(14)6-4-10/h3,5-6H,2,7-9H2,1H3,(H2,15,16,18). The van der Waals surface area contributed by atoms with Gasteiger partial charge in [-0.15, -0.1) is 0 Å². The Balaban J connectivity index is 2.17. The van der Waals surface area contributed by atoms with Crippen LogP contribution >= 0.6 is 11.6 Å². The first-order chi connectivity index (χ1) is 9.11. The molecule has 0 bridgehead atoms. The molecule has 0 saturated carbocycles. The molecule has 0 saturated heterocycles. The normalized spacial score (nSPS) is 9.79. The molecule has 1 rings (SSSR count). The van der Waals surface area contributed by atoms with Crippen molar-refractivity contribution in [3.8, 4) is 0 Å². The van der Waals surface area contributed by atoms with Crippen LogP contribution in [0.2, 0.25) is 5.02 Å². The van der Waals surface area contributed by atoms with Gasteiger partial charge in [0.25, 0.3) is 0 Å². The predicted octanol–water partition coefficient (Wildman–Crippen LogP) is 1.89. The van der Waals surface area contributed by atoms with Gasteiger partial charge in [0.1, 0.15) is 0 Å². The number of hydrogen-bond acceptors (Lipinski definition) is 3. The number of esters is 1. The van der Waals surface area contributed by atoms with Crippen LogP contribution in [0, 0.1) is 6.07 Å². The molecule has 0 aliphatic heterocycles. The smallest absolute Gasteiger partial charge is 0.315 e. The maximum Gasteiger partial charge on any atom is 0.315 e. The van der Waals surface area contributed by atoms with Crippen molar-refractivity contribution >= 4 is 23.6 Å². The van der Waals surface area contributed by atoms with E-state index in [4.69, 9.17) is 16.3 Å². The zero-order valence-corrected chi connectivity index (χ0v) is 11.4. The SMILES string of the molecule is CCOC(=O)CCNC(=O)NCc1[c]cc(Cl)cc1. The van der Waals surface area contributed by atoms with Crippen LogP contribution in [-0.2, 0) is 16.1 Å². The summed E-state index contributed by atoms with van der Waals surface area (Å²) >= 11 is 5.72. The van der Waals surface area contributed by atoms with Gasteiger partial charge < -0.3 is 15.4 Å². The highest BCUT2D eigenvalue weighted by Gasteiger charge is 2.04. The second-order valence-corrected chi connectivity index (χ2v) is 4.13. The van der Waals surface area contributed by atoms with Gasteiger partial charge in [0.05, 0.1) is 13.0 Å². The van der Waals surface area contributed by atoms with Gasteiger partial charge in [-0.25, -0.2) is 4.79 Å². The maximum atomic E-state index is 11.4. The number of benzene rings is 1. The Morgan fingerprint density at radius 1 is 1.37 bits per heavy atom. The third kappa shape index (κ3) is 6.67. The minimum absolute atomic E-state index is 0.161. The van der Waals surface area contributed by atoms with E-state index in [0.29, 0.717) is 18.2 Å². The third-order valence-electron chi connectivity index (χ3n) is 2.20. The van der Waals surface area contributed by atoms with E-state index < -0.39 is 0 Å². The summed E-state index contributed by atoms with van der Waals surface area (Å²) < 4.78 is 4.74. The summed E-state index contributed by atoms with van der Waals surface area (Å²) in [4.78, 5) is 22.4. The van der Waals surface area contributed by atoms with Gasteiger partial charge in [-0.05, 0) is 30.7 Å². The Labute approximate surface area is 117 Å². The fourth-order valence-electron chi connectivity index (χ4n) is 1.30. The van der Waals surface area contributed by atoms with E-state index in [9.17, 15) is 9.59 Å². The first-order valence-corrected chi connectivity index (χ1v) is 6.33. The summed E-state index contributed by atoms with van der Waals surface area (Å²) in [5, 5.41) is 5.81. The molecule has 103 valence electrons. The van der Waals surface area contributed by atoms with Gasteiger partial charge in [-0.1, -0.05) is 17.7 Å². The number of ether oxygens (including phenoxy) is 1. The van der Waals surface area contributed by atoms with Crippen molar-refractivity contribution in [2.24, 2.45) is 0 Å². The Morgan fingerprint density at radius 3 is 2.79 bits per heavy atom. The molecule has 0 heterocycles. The number of nitrogens with one attached hydrogen (secondary N) is 2. The molecule has 0 aromatic heterocycles. The van der Waals surface area contributed by atoms with E-state index in [1.165, 1.54) is 0 Å². The second-order valence-electron chi connectivity index (χ2n) is 3.70. The number of hydrogen-bond donors (Lipinski definition) is 2. The van der Waals surface area contributed by atoms with Gasteiger partial charge in [0, 0.05) is 18.1 Å². The van der Waals surface area contributed by atoms with E-state index >= 15 is 0 Å². The topological polar surface area (TPSA) is 67.4 Å². The molecule has 0 atom stereocenters. The van der Waals surface area contributed by atoms with Crippen LogP contribution in [0.15, 0.2) is 18.2 Å². The molecule has 0 aliphatic carbocycles. The van der Waals surface area contributed by atoms with Crippen molar-refractivity contribution < 1.29 is 14.3 Å². The number of carbonyl (C=O) groups excluding carboxylic acids is 2. The predicted molar refractivity (Wildman–Crippen MR) is 71.8 cm³/mol. The van der Waals surface area contributed by atoms with E-state index in [1.54, 1.807) is 25.1 Å². The number of amides is 2. The second kappa shape index (κ2) is 8.37. The lowest BCUT2D eigenvalue weighted by atomic mass is 10.2. The highest BCUT2D eigenvalue weighted by molar-refractivity contribution is 6.30. The van der Waals surface area contributed by atoms with Crippen molar-refractivity contribution in [3.63, 3.8) is 0 Å². The van der Waals surface area contributed by atoms with Crippen LogP contribution in [0.5, 0.6) is 0 Å². The zero-order valence-electron chi connectivity index (χ0n) is 10.7. The van der Waals surface area contributed by atoms with Gasteiger partial charge in [0.2, 0.25) is 0 Å². The Bertz CT molecular complexity index is 420. The molecule has 2 amide bonds. The summed E-state index contributed by atoms with van der Waals surface area (Å²) in [6, 6.07) is 7.74. The summed E-state index contributed by atoms with van der Waals surface area (Å²) in [5.41, 5.74) is 0.824. The van der Waals surface area contributed by atoms with E-state index in [0.717, 1.165) is 5.56 Å². The minimum Gasteiger partial charge on any atom is -0.466 e. The number of carbonyl (C=O) groups is 2. The van der Waals surface area contributed by atoms with Crippen molar-refractivity contribution in [2.45, 2.75) is 19.9 Å². The average Bonchev–Trinajstić information content (AvgIpc) is 2.38. The molecule has 1 aromatic carbocycles. The molecule has 2 N–H and O–H groups in total. The fourth-order valence-corrected chi connectivity index (χ4v) is 1.41. The van der Waals surface area contributed by atoms with E-state index in [-0.39, 0.29) is 25.0 Å². The molecule has 0 fully saturated rings. The summed E-state index contributed by atoms with van der Waals surface area (Å²) in [6.07, 6.45) is 0.161. The van der Waals surface area contributed by atoms with Crippen LogP contribution in [0.1, 0.15) is 18.9 Å². The Hall–Kier alpha value is -1.75. The molecule has 0 aliphatic rings. The number of halogens is 1. The number of urea groups is 1. The lowest BCUT2D eigenvalue weighted by Gasteiger charge is -2.07. The Morgan fingerprint density at radius 2 is 2.16 bits per heavy atom. The molecule has 0 unspecified atom stereocenters. The first kappa shape index (κ1) is 15.3. The van der Waals surface area contributed by atoms with Crippen molar-refractivity contribution in [1.29, 1.82) is 0 Å². The van der Waals surface area contributed by atoms with E-state index in [2.05, 4.69) is 16.7 Å². The molecular weight excluding hydrogens is 268 g/mol.